The van der Waals surface area contributed by atoms with Crippen molar-refractivity contribution in [3.05, 3.63) is 89.0 Å². The largest absolute Gasteiger partial charge is 0.497 e. The van der Waals surface area contributed by atoms with E-state index in [1.807, 2.05) is 65.8 Å². The van der Waals surface area contributed by atoms with Crippen LogP contribution in [0.15, 0.2) is 71.6 Å². The SMILES string of the molecule is CCC(C(=O)NC(C)C)N(Cc1ccc(OC)cc1)C(=O)CN(c1ccc(C)cc1C)S(=O)(=O)c1ccc(C)cc1. The minimum Gasteiger partial charge on any atom is -0.497 e. The maximum Gasteiger partial charge on any atom is 0.264 e. The molecule has 0 aliphatic heterocycles. The van der Waals surface area contributed by atoms with Gasteiger partial charge in [0.2, 0.25) is 11.8 Å². The van der Waals surface area contributed by atoms with E-state index in [-0.39, 0.29) is 23.4 Å². The van der Waals surface area contributed by atoms with Gasteiger partial charge in [0, 0.05) is 12.6 Å². The normalized spacial score (nSPS) is 12.1. The van der Waals surface area contributed by atoms with Crippen molar-refractivity contribution in [2.45, 2.75) is 71.5 Å². The molecular weight excluding hydrogens is 538 g/mol. The molecule has 41 heavy (non-hydrogen) atoms. The minimum atomic E-state index is -4.12. The highest BCUT2D eigenvalue weighted by Crippen LogP contribution is 2.28. The molecule has 1 unspecified atom stereocenters. The van der Waals surface area contributed by atoms with Crippen molar-refractivity contribution < 1.29 is 22.7 Å². The lowest BCUT2D eigenvalue weighted by Gasteiger charge is -2.34. The highest BCUT2D eigenvalue weighted by molar-refractivity contribution is 7.92. The number of rotatable bonds is 12. The number of ether oxygens (including phenoxy) is 1. The summed E-state index contributed by atoms with van der Waals surface area (Å²) in [6, 6.07) is 18.3. The molecule has 0 heterocycles. The fourth-order valence-corrected chi connectivity index (χ4v) is 6.14. The molecule has 0 saturated heterocycles. The summed E-state index contributed by atoms with van der Waals surface area (Å²) in [5.41, 5.74) is 3.82. The molecule has 3 aromatic rings. The summed E-state index contributed by atoms with van der Waals surface area (Å²) in [5, 5.41) is 2.91. The number of anilines is 1. The highest BCUT2D eigenvalue weighted by atomic mass is 32.2. The lowest BCUT2D eigenvalue weighted by molar-refractivity contribution is -0.140. The Hall–Kier alpha value is -3.85. The third-order valence-electron chi connectivity index (χ3n) is 6.84. The number of nitrogens with zero attached hydrogens (tertiary/aromatic N) is 2. The van der Waals surface area contributed by atoms with E-state index in [9.17, 15) is 18.0 Å². The monoisotopic (exact) mass is 579 g/mol. The predicted octanol–water partition coefficient (Wildman–Crippen LogP) is 5.15. The maximum atomic E-state index is 14.2. The summed E-state index contributed by atoms with van der Waals surface area (Å²) >= 11 is 0. The molecule has 3 aromatic carbocycles. The van der Waals surface area contributed by atoms with Crippen LogP contribution in [-0.4, -0.2) is 50.9 Å². The van der Waals surface area contributed by atoms with E-state index in [0.29, 0.717) is 17.9 Å². The second kappa shape index (κ2) is 13.7. The van der Waals surface area contributed by atoms with Crippen LogP contribution in [0.5, 0.6) is 5.75 Å². The van der Waals surface area contributed by atoms with E-state index >= 15 is 0 Å². The summed E-state index contributed by atoms with van der Waals surface area (Å²) in [6.07, 6.45) is 0.356. The second-order valence-electron chi connectivity index (χ2n) is 10.6. The van der Waals surface area contributed by atoms with E-state index in [1.54, 1.807) is 49.6 Å². The van der Waals surface area contributed by atoms with Gasteiger partial charge in [-0.25, -0.2) is 8.42 Å². The van der Waals surface area contributed by atoms with Gasteiger partial charge in [0.05, 0.1) is 17.7 Å². The molecule has 0 aromatic heterocycles. The van der Waals surface area contributed by atoms with Crippen LogP contribution < -0.4 is 14.4 Å². The van der Waals surface area contributed by atoms with Crippen LogP contribution in [0.4, 0.5) is 5.69 Å². The zero-order chi connectivity index (χ0) is 30.3. The van der Waals surface area contributed by atoms with Gasteiger partial charge in [-0.3, -0.25) is 13.9 Å². The van der Waals surface area contributed by atoms with Crippen LogP contribution in [-0.2, 0) is 26.2 Å². The summed E-state index contributed by atoms with van der Waals surface area (Å²) in [5.74, 6) is -0.104. The molecular formula is C32H41N3O5S. The summed E-state index contributed by atoms with van der Waals surface area (Å²) in [4.78, 5) is 29.0. The van der Waals surface area contributed by atoms with Crippen molar-refractivity contribution in [3.8, 4) is 5.75 Å². The van der Waals surface area contributed by atoms with Crippen molar-refractivity contribution in [1.82, 2.24) is 10.2 Å². The summed E-state index contributed by atoms with van der Waals surface area (Å²) in [6.45, 7) is 10.8. The topological polar surface area (TPSA) is 96.0 Å². The Labute approximate surface area is 244 Å². The fraction of sp³-hybridized carbons (Fsp3) is 0.375. The van der Waals surface area contributed by atoms with Crippen LogP contribution in [0.3, 0.4) is 0 Å². The van der Waals surface area contributed by atoms with Crippen molar-refractivity contribution in [2.75, 3.05) is 18.0 Å². The Balaban J connectivity index is 2.09. The van der Waals surface area contributed by atoms with E-state index in [2.05, 4.69) is 5.32 Å². The molecule has 1 atom stereocenters. The van der Waals surface area contributed by atoms with Crippen LogP contribution in [0.2, 0.25) is 0 Å². The molecule has 2 amide bonds. The van der Waals surface area contributed by atoms with Crippen LogP contribution >= 0.6 is 0 Å². The lowest BCUT2D eigenvalue weighted by atomic mass is 10.1. The number of carbonyl (C=O) groups is 2. The standard InChI is InChI=1S/C32H41N3O5S/c1-8-29(32(37)33-22(2)3)34(20-26-12-14-27(40-7)15-13-26)31(36)21-35(30-18-11-24(5)19-25(30)6)41(38,39)28-16-9-23(4)10-17-28/h9-19,22,29H,8,20-21H2,1-7H3,(H,33,37). The number of nitrogens with one attached hydrogen (secondary N) is 1. The Morgan fingerprint density at radius 2 is 1.51 bits per heavy atom. The van der Waals surface area contributed by atoms with Gasteiger partial charge in [0.1, 0.15) is 18.3 Å². The number of sulfonamides is 1. The number of methoxy groups -OCH3 is 1. The van der Waals surface area contributed by atoms with E-state index in [0.717, 1.165) is 26.6 Å². The Morgan fingerprint density at radius 1 is 0.902 bits per heavy atom. The van der Waals surface area contributed by atoms with Crippen molar-refractivity contribution in [2.24, 2.45) is 0 Å². The zero-order valence-corrected chi connectivity index (χ0v) is 25.8. The van der Waals surface area contributed by atoms with Gasteiger partial charge in [-0.2, -0.15) is 0 Å². The third-order valence-corrected chi connectivity index (χ3v) is 8.61. The molecule has 9 heteroatoms. The van der Waals surface area contributed by atoms with Crippen LogP contribution in [0.25, 0.3) is 0 Å². The van der Waals surface area contributed by atoms with Crippen molar-refractivity contribution in [1.29, 1.82) is 0 Å². The summed E-state index contributed by atoms with van der Waals surface area (Å²) in [7, 11) is -2.55. The molecule has 220 valence electrons. The first kappa shape index (κ1) is 31.7. The minimum absolute atomic E-state index is 0.0853. The molecule has 0 spiro atoms. The number of benzene rings is 3. The Bertz CT molecular complexity index is 1450. The van der Waals surface area contributed by atoms with E-state index < -0.39 is 28.5 Å². The highest BCUT2D eigenvalue weighted by Gasteiger charge is 2.34. The van der Waals surface area contributed by atoms with Gasteiger partial charge in [-0.15, -0.1) is 0 Å². The van der Waals surface area contributed by atoms with Gasteiger partial charge in [0.25, 0.3) is 10.0 Å². The van der Waals surface area contributed by atoms with Crippen LogP contribution in [0, 0.1) is 20.8 Å². The number of amides is 2. The third kappa shape index (κ3) is 7.88. The second-order valence-corrected chi connectivity index (χ2v) is 12.4. The first-order chi connectivity index (χ1) is 19.4. The summed E-state index contributed by atoms with van der Waals surface area (Å²) < 4.78 is 34.5. The van der Waals surface area contributed by atoms with Gasteiger partial charge in [-0.1, -0.05) is 54.4 Å². The first-order valence-corrected chi connectivity index (χ1v) is 15.2. The molecule has 3 rings (SSSR count). The molecule has 8 nitrogen and oxygen atoms in total. The zero-order valence-electron chi connectivity index (χ0n) is 25.0. The van der Waals surface area contributed by atoms with Crippen molar-refractivity contribution >= 4 is 27.5 Å². The molecule has 0 saturated carbocycles. The number of aryl methyl sites for hydroxylation is 3. The predicted molar refractivity (Wildman–Crippen MR) is 163 cm³/mol. The molecule has 0 aliphatic rings. The van der Waals surface area contributed by atoms with Gasteiger partial charge in [0.15, 0.2) is 0 Å². The quantitative estimate of drug-likeness (QED) is 0.320. The smallest absolute Gasteiger partial charge is 0.264 e. The Morgan fingerprint density at radius 3 is 2.05 bits per heavy atom. The van der Waals surface area contributed by atoms with E-state index in [4.69, 9.17) is 4.74 Å². The first-order valence-electron chi connectivity index (χ1n) is 13.8. The van der Waals surface area contributed by atoms with Gasteiger partial charge in [-0.05, 0) is 82.5 Å². The van der Waals surface area contributed by atoms with Crippen LogP contribution in [0.1, 0.15) is 49.4 Å². The number of hydrogen-bond acceptors (Lipinski definition) is 5. The average molecular weight is 580 g/mol. The average Bonchev–Trinajstić information content (AvgIpc) is 2.92. The van der Waals surface area contributed by atoms with E-state index in [1.165, 1.54) is 4.90 Å². The lowest BCUT2D eigenvalue weighted by Crippen LogP contribution is -2.53. The molecule has 1 N–H and O–H groups in total. The molecule has 0 radical (unpaired) electrons. The molecule has 0 aliphatic carbocycles. The van der Waals surface area contributed by atoms with Crippen molar-refractivity contribution in [3.63, 3.8) is 0 Å². The van der Waals surface area contributed by atoms with Gasteiger partial charge < -0.3 is 15.0 Å². The molecule has 0 bridgehead atoms. The maximum absolute atomic E-state index is 14.2. The number of carbonyl (C=O) groups excluding carboxylic acids is 2. The molecule has 0 fully saturated rings. The fourth-order valence-electron chi connectivity index (χ4n) is 4.66. The number of hydrogen-bond donors (Lipinski definition) is 1. The van der Waals surface area contributed by atoms with Gasteiger partial charge >= 0.3 is 0 Å². The Kier molecular flexibility index (Phi) is 10.6.